The lowest BCUT2D eigenvalue weighted by atomic mass is 9.81. The molecular weight excluding hydrogens is 807 g/mol. The maximum atomic E-state index is 2.51. The molecule has 1 heteroatoms. The number of nitrogens with zero attached hydrogens (tertiary/aromatic N) is 1. The lowest BCUT2D eigenvalue weighted by molar-refractivity contribution is 0.660. The van der Waals surface area contributed by atoms with Gasteiger partial charge in [-0.05, 0) is 132 Å². The third kappa shape index (κ3) is 6.59. The molecule has 0 unspecified atom stereocenters. The van der Waals surface area contributed by atoms with Gasteiger partial charge in [0.1, 0.15) is 0 Å². The molecule has 3 aliphatic rings. The molecule has 0 atom stereocenters. The molecular formula is C66H53N. The van der Waals surface area contributed by atoms with Crippen molar-refractivity contribution in [2.45, 2.75) is 51.4 Å². The minimum absolute atomic E-state index is 0.0688. The fourth-order valence-corrected chi connectivity index (χ4v) is 11.6. The Morgan fingerprint density at radius 3 is 1.48 bits per heavy atom. The van der Waals surface area contributed by atoms with Gasteiger partial charge in [-0.15, -0.1) is 0 Å². The molecule has 0 spiro atoms. The zero-order valence-corrected chi connectivity index (χ0v) is 38.7. The summed E-state index contributed by atoms with van der Waals surface area (Å²) in [6.45, 7) is 9.46. The van der Waals surface area contributed by atoms with Crippen molar-refractivity contribution < 1.29 is 0 Å². The minimum atomic E-state index is -0.113. The molecule has 0 radical (unpaired) electrons. The summed E-state index contributed by atoms with van der Waals surface area (Å²) in [7, 11) is 0. The Morgan fingerprint density at radius 1 is 0.358 bits per heavy atom. The Kier molecular flexibility index (Phi) is 9.73. The largest absolute Gasteiger partial charge is 0.309 e. The molecule has 0 heterocycles. The van der Waals surface area contributed by atoms with Gasteiger partial charge in [-0.2, -0.15) is 0 Å². The second-order valence-electron chi connectivity index (χ2n) is 19.5. The number of benzene rings is 9. The van der Waals surface area contributed by atoms with E-state index < -0.39 is 0 Å². The maximum absolute atomic E-state index is 2.51. The predicted molar refractivity (Wildman–Crippen MR) is 284 cm³/mol. The summed E-state index contributed by atoms with van der Waals surface area (Å²) in [5, 5.41) is 0. The molecule has 0 saturated heterocycles. The number of para-hydroxylation sites is 2. The van der Waals surface area contributed by atoms with Crippen LogP contribution in [0.1, 0.15) is 68.4 Å². The van der Waals surface area contributed by atoms with Crippen molar-refractivity contribution in [3.8, 4) is 66.8 Å². The molecule has 0 N–H and O–H groups in total. The van der Waals surface area contributed by atoms with Crippen molar-refractivity contribution in [2.75, 3.05) is 4.90 Å². The first-order chi connectivity index (χ1) is 32.8. The predicted octanol–water partition coefficient (Wildman–Crippen LogP) is 18.2. The number of rotatable bonds is 8. The van der Waals surface area contributed by atoms with Crippen molar-refractivity contribution >= 4 is 22.6 Å². The molecule has 9 aromatic carbocycles. The number of fused-ring (bicyclic) bond motifs is 6. The van der Waals surface area contributed by atoms with Gasteiger partial charge in [0.2, 0.25) is 0 Å². The van der Waals surface area contributed by atoms with E-state index in [2.05, 4.69) is 257 Å². The molecule has 67 heavy (non-hydrogen) atoms. The maximum Gasteiger partial charge on any atom is 0.0540 e. The number of hydrogen-bond acceptors (Lipinski definition) is 1. The van der Waals surface area contributed by atoms with Gasteiger partial charge in [-0.1, -0.05) is 222 Å². The van der Waals surface area contributed by atoms with Crippen LogP contribution in [-0.4, -0.2) is 0 Å². The van der Waals surface area contributed by atoms with E-state index in [0.717, 1.165) is 29.9 Å². The summed E-state index contributed by atoms with van der Waals surface area (Å²) in [5.74, 6) is 0. The standard InChI is InChI=1S/C66H53N/c1-65(2)59-33-17-13-30-57(59)64-56(31-20-34-60(64)65)55-29-15-19-36-63(55)67(47-40-37-44(38-41-47)46-39-42-53-52-27-12-16-32-58(52)66(3,4)61(53)43-46)62-35-18-14-28-54(62)51-26-11-10-25-50(51)49-24-9-8-23-48(49)45-21-6-5-7-22-45/h5-6,8-21,23-43H,7,22H2,1-4H3. The van der Waals surface area contributed by atoms with Crippen LogP contribution in [0.5, 0.6) is 0 Å². The van der Waals surface area contributed by atoms with E-state index in [1.807, 2.05) is 0 Å². The highest BCUT2D eigenvalue weighted by molar-refractivity contribution is 6.01. The molecule has 0 aliphatic heterocycles. The highest BCUT2D eigenvalue weighted by Gasteiger charge is 2.38. The first kappa shape index (κ1) is 40.7. The Labute approximate surface area is 396 Å². The van der Waals surface area contributed by atoms with E-state index >= 15 is 0 Å². The summed E-state index contributed by atoms with van der Waals surface area (Å²) in [6, 6.07) is 77.2. The van der Waals surface area contributed by atoms with E-state index in [0.29, 0.717) is 0 Å². The average Bonchev–Trinajstić information content (AvgIpc) is 3.76. The summed E-state index contributed by atoms with van der Waals surface area (Å²) in [5.41, 5.74) is 26.5. The molecule has 0 aromatic heterocycles. The fourth-order valence-electron chi connectivity index (χ4n) is 11.6. The summed E-state index contributed by atoms with van der Waals surface area (Å²) < 4.78 is 0. The van der Waals surface area contributed by atoms with Crippen molar-refractivity contribution in [2.24, 2.45) is 0 Å². The van der Waals surface area contributed by atoms with Gasteiger partial charge < -0.3 is 4.90 Å². The van der Waals surface area contributed by atoms with Crippen LogP contribution in [0.4, 0.5) is 17.1 Å². The van der Waals surface area contributed by atoms with Crippen LogP contribution < -0.4 is 4.90 Å². The van der Waals surface area contributed by atoms with Gasteiger partial charge >= 0.3 is 0 Å². The molecule has 0 amide bonds. The molecule has 1 nitrogen and oxygen atoms in total. The van der Waals surface area contributed by atoms with Crippen LogP contribution in [0.25, 0.3) is 72.3 Å². The molecule has 322 valence electrons. The SMILES string of the molecule is CC1(C)c2ccccc2-c2ccc(-c3ccc(N(c4ccccc4-c4ccccc4-c4ccccc4C4=CC=CCC4)c4ccccc4-c4cccc5c4-c4ccccc4C5(C)C)cc3)cc21. The molecule has 9 aromatic rings. The first-order valence-corrected chi connectivity index (χ1v) is 23.9. The van der Waals surface area contributed by atoms with Crippen molar-refractivity contribution in [1.82, 2.24) is 0 Å². The monoisotopic (exact) mass is 859 g/mol. The van der Waals surface area contributed by atoms with Gasteiger partial charge in [-0.3, -0.25) is 0 Å². The molecule has 0 fully saturated rings. The van der Waals surface area contributed by atoms with Crippen LogP contribution in [0, 0.1) is 0 Å². The Hall–Kier alpha value is -7.74. The lowest BCUT2D eigenvalue weighted by Crippen LogP contribution is -2.15. The average molecular weight is 860 g/mol. The third-order valence-electron chi connectivity index (χ3n) is 15.0. The van der Waals surface area contributed by atoms with Crippen molar-refractivity contribution in [1.29, 1.82) is 0 Å². The summed E-state index contributed by atoms with van der Waals surface area (Å²) >= 11 is 0. The second kappa shape index (κ2) is 16.0. The van der Waals surface area contributed by atoms with E-state index in [9.17, 15) is 0 Å². The summed E-state index contributed by atoms with van der Waals surface area (Å²) in [4.78, 5) is 2.51. The van der Waals surface area contributed by atoms with Gasteiger partial charge in [0.25, 0.3) is 0 Å². The third-order valence-corrected chi connectivity index (χ3v) is 15.0. The minimum Gasteiger partial charge on any atom is -0.309 e. The second-order valence-corrected chi connectivity index (χ2v) is 19.5. The molecule has 3 aliphatic carbocycles. The Bertz CT molecular complexity index is 3470. The Balaban J connectivity index is 1.05. The summed E-state index contributed by atoms with van der Waals surface area (Å²) in [6.07, 6.45) is 8.87. The van der Waals surface area contributed by atoms with Crippen LogP contribution in [0.3, 0.4) is 0 Å². The number of hydrogen-bond donors (Lipinski definition) is 0. The highest BCUT2D eigenvalue weighted by atomic mass is 15.1. The molecule has 12 rings (SSSR count). The Morgan fingerprint density at radius 2 is 0.821 bits per heavy atom. The first-order valence-electron chi connectivity index (χ1n) is 23.9. The van der Waals surface area contributed by atoms with E-state index in [1.54, 1.807) is 0 Å². The normalized spacial score (nSPS) is 14.7. The molecule has 0 bridgehead atoms. The number of anilines is 3. The van der Waals surface area contributed by atoms with Crippen molar-refractivity contribution in [3.05, 3.63) is 252 Å². The zero-order valence-electron chi connectivity index (χ0n) is 38.7. The molecule has 0 saturated carbocycles. The van der Waals surface area contributed by atoms with Crippen LogP contribution in [0.2, 0.25) is 0 Å². The zero-order chi connectivity index (χ0) is 45.3. The van der Waals surface area contributed by atoms with E-state index in [-0.39, 0.29) is 10.8 Å². The quantitative estimate of drug-likeness (QED) is 0.147. The van der Waals surface area contributed by atoms with E-state index in [1.165, 1.54) is 100 Å². The van der Waals surface area contributed by atoms with Gasteiger partial charge in [-0.25, -0.2) is 0 Å². The highest BCUT2D eigenvalue weighted by Crippen LogP contribution is 2.55. The van der Waals surface area contributed by atoms with Gasteiger partial charge in [0.05, 0.1) is 11.4 Å². The smallest absolute Gasteiger partial charge is 0.0540 e. The van der Waals surface area contributed by atoms with Gasteiger partial charge in [0.15, 0.2) is 0 Å². The van der Waals surface area contributed by atoms with Gasteiger partial charge in [0, 0.05) is 27.6 Å². The fraction of sp³-hybridized carbons (Fsp3) is 0.121. The van der Waals surface area contributed by atoms with Crippen LogP contribution in [0.15, 0.2) is 224 Å². The lowest BCUT2D eigenvalue weighted by Gasteiger charge is -2.31. The van der Waals surface area contributed by atoms with Crippen LogP contribution in [-0.2, 0) is 10.8 Å². The van der Waals surface area contributed by atoms with Crippen molar-refractivity contribution in [3.63, 3.8) is 0 Å². The number of allylic oxidation sites excluding steroid dienone is 4. The van der Waals surface area contributed by atoms with Crippen LogP contribution >= 0.6 is 0 Å². The topological polar surface area (TPSA) is 3.24 Å². The van der Waals surface area contributed by atoms with E-state index in [4.69, 9.17) is 0 Å².